The van der Waals surface area contributed by atoms with E-state index in [2.05, 4.69) is 31.5 Å². The van der Waals surface area contributed by atoms with Crippen LogP contribution < -0.4 is 21.3 Å². The van der Waals surface area contributed by atoms with Gasteiger partial charge in [0.05, 0.1) is 11.4 Å². The van der Waals surface area contributed by atoms with Crippen molar-refractivity contribution in [1.82, 2.24) is 20.8 Å². The molecule has 5 rings (SSSR count). The lowest BCUT2D eigenvalue weighted by Gasteiger charge is -2.17. The number of carbonyl (C=O) groups excluding carboxylic acids is 4. The summed E-state index contributed by atoms with van der Waals surface area (Å²) < 4.78 is 0. The van der Waals surface area contributed by atoms with E-state index >= 15 is 0 Å². The molecular weight excluding hydrogens is 624 g/mol. The number of hydrogen-bond acceptors (Lipinski definition) is 7. The van der Waals surface area contributed by atoms with Crippen molar-refractivity contribution in [1.29, 1.82) is 0 Å². The Hall–Kier alpha value is -6.11. The fourth-order valence-corrected chi connectivity index (χ4v) is 4.87. The van der Waals surface area contributed by atoms with Gasteiger partial charge in [-0.2, -0.15) is 5.10 Å². The summed E-state index contributed by atoms with van der Waals surface area (Å²) >= 11 is 0. The molecule has 0 spiro atoms. The summed E-state index contributed by atoms with van der Waals surface area (Å²) in [6.45, 7) is 3.07. The molecule has 0 saturated heterocycles. The standard InChI is InChI=1S/C37H36N6O6/c1-22(38-36(48)32(44)26-9-5-3-6-10-26)34(46)40-28-17-13-24(14-18-28)30-21-31(43-42-30)25-15-19-29(20-16-25)41-35(47)23(2)39-37(49)33(45)27-11-7-4-8-12-27/h3-23,32-33,44-45H,1-2H3,(H,38,48)(H,39,49)(H,40,46)(H,41,47)(H,42,43). The zero-order valence-electron chi connectivity index (χ0n) is 26.8. The largest absolute Gasteiger partial charge is 0.378 e. The maximum absolute atomic E-state index is 12.7. The number of hydrogen-bond donors (Lipinski definition) is 7. The van der Waals surface area contributed by atoms with E-state index in [1.807, 2.05) is 18.2 Å². The third-order valence-corrected chi connectivity index (χ3v) is 7.72. The Morgan fingerprint density at radius 1 is 0.571 bits per heavy atom. The van der Waals surface area contributed by atoms with Gasteiger partial charge >= 0.3 is 0 Å². The zero-order valence-corrected chi connectivity index (χ0v) is 26.8. The van der Waals surface area contributed by atoms with Crippen LogP contribution in [0.15, 0.2) is 115 Å². The summed E-state index contributed by atoms with van der Waals surface area (Å²) in [5.74, 6) is -2.22. The van der Waals surface area contributed by atoms with E-state index in [1.165, 1.54) is 13.8 Å². The molecule has 0 fully saturated rings. The van der Waals surface area contributed by atoms with Gasteiger partial charge in [0.2, 0.25) is 11.8 Å². The van der Waals surface area contributed by atoms with Crippen molar-refractivity contribution in [3.05, 3.63) is 126 Å². The molecule has 7 N–H and O–H groups in total. The van der Waals surface area contributed by atoms with E-state index in [0.29, 0.717) is 28.2 Å². The molecule has 4 atom stereocenters. The zero-order chi connectivity index (χ0) is 34.9. The Balaban J connectivity index is 1.12. The topological polar surface area (TPSA) is 186 Å². The van der Waals surface area contributed by atoms with Crippen molar-refractivity contribution >= 4 is 35.0 Å². The number of H-pyrrole nitrogens is 1. The van der Waals surface area contributed by atoms with Crippen molar-refractivity contribution < 1.29 is 29.4 Å². The monoisotopic (exact) mass is 660 g/mol. The van der Waals surface area contributed by atoms with Gasteiger partial charge in [-0.3, -0.25) is 24.3 Å². The highest BCUT2D eigenvalue weighted by Crippen LogP contribution is 2.26. The van der Waals surface area contributed by atoms with E-state index < -0.39 is 47.9 Å². The second-order valence-electron chi connectivity index (χ2n) is 11.4. The third-order valence-electron chi connectivity index (χ3n) is 7.72. The molecule has 0 aliphatic heterocycles. The number of benzene rings is 4. The Bertz CT molecular complexity index is 1760. The lowest BCUT2D eigenvalue weighted by molar-refractivity contribution is -0.132. The number of aromatic amines is 1. The molecule has 250 valence electrons. The summed E-state index contributed by atoms with van der Waals surface area (Å²) in [5, 5.41) is 38.5. The first kappa shape index (κ1) is 34.2. The predicted molar refractivity (Wildman–Crippen MR) is 185 cm³/mol. The SMILES string of the molecule is CC(NC(=O)C(O)c1ccccc1)C(=O)Nc1ccc(-c2cc(-c3ccc(NC(=O)C(C)NC(=O)C(O)c4ccccc4)cc3)[nH]n2)cc1. The normalized spacial score (nSPS) is 13.3. The van der Waals surface area contributed by atoms with Crippen LogP contribution in [-0.2, 0) is 19.2 Å². The molecule has 0 aliphatic carbocycles. The average molecular weight is 661 g/mol. The molecule has 4 amide bonds. The van der Waals surface area contributed by atoms with Crippen LogP contribution in [0.25, 0.3) is 22.5 Å². The number of carbonyl (C=O) groups is 4. The summed E-state index contributed by atoms with van der Waals surface area (Å²) in [6.07, 6.45) is -2.77. The van der Waals surface area contributed by atoms with Crippen molar-refractivity contribution in [3.63, 3.8) is 0 Å². The Morgan fingerprint density at radius 3 is 1.41 bits per heavy atom. The van der Waals surface area contributed by atoms with Gasteiger partial charge in [-0.1, -0.05) is 84.9 Å². The summed E-state index contributed by atoms with van der Waals surface area (Å²) in [7, 11) is 0. The smallest absolute Gasteiger partial charge is 0.254 e. The van der Waals surface area contributed by atoms with Crippen LogP contribution in [0.1, 0.15) is 37.2 Å². The maximum atomic E-state index is 12.7. The number of nitrogens with zero attached hydrogens (tertiary/aromatic N) is 1. The molecule has 12 heteroatoms. The van der Waals surface area contributed by atoms with Gasteiger partial charge < -0.3 is 31.5 Å². The molecule has 12 nitrogen and oxygen atoms in total. The van der Waals surface area contributed by atoms with Gasteiger partial charge in [0, 0.05) is 16.9 Å². The second-order valence-corrected chi connectivity index (χ2v) is 11.4. The molecule has 0 aliphatic rings. The molecule has 1 aromatic heterocycles. The van der Waals surface area contributed by atoms with Crippen LogP contribution in [0.4, 0.5) is 11.4 Å². The summed E-state index contributed by atoms with van der Waals surface area (Å²) in [4.78, 5) is 50.2. The van der Waals surface area contributed by atoms with Crippen LogP contribution in [0.3, 0.4) is 0 Å². The fourth-order valence-electron chi connectivity index (χ4n) is 4.87. The van der Waals surface area contributed by atoms with Gasteiger partial charge in [-0.05, 0) is 60.9 Å². The van der Waals surface area contributed by atoms with Crippen LogP contribution in [0.5, 0.6) is 0 Å². The van der Waals surface area contributed by atoms with Crippen molar-refractivity contribution in [3.8, 4) is 22.5 Å². The molecule has 0 saturated carbocycles. The first-order valence-electron chi connectivity index (χ1n) is 15.5. The molecule has 4 unspecified atom stereocenters. The number of rotatable bonds is 12. The first-order valence-corrected chi connectivity index (χ1v) is 15.5. The summed E-state index contributed by atoms with van der Waals surface area (Å²) in [6, 6.07) is 31.1. The molecule has 0 bridgehead atoms. The molecule has 5 aromatic rings. The summed E-state index contributed by atoms with van der Waals surface area (Å²) in [5.41, 5.74) is 4.94. The number of aliphatic hydroxyl groups is 2. The quantitative estimate of drug-likeness (QED) is 0.105. The Labute approximate surface area is 282 Å². The molecule has 49 heavy (non-hydrogen) atoms. The molecule has 4 aromatic carbocycles. The van der Waals surface area contributed by atoms with Crippen LogP contribution in [-0.4, -0.2) is 56.1 Å². The van der Waals surface area contributed by atoms with Gasteiger partial charge in [0.25, 0.3) is 11.8 Å². The van der Waals surface area contributed by atoms with E-state index in [4.69, 9.17) is 0 Å². The van der Waals surface area contributed by atoms with E-state index in [-0.39, 0.29) is 0 Å². The molecule has 0 radical (unpaired) electrons. The van der Waals surface area contributed by atoms with E-state index in [0.717, 1.165) is 16.8 Å². The maximum Gasteiger partial charge on any atom is 0.254 e. The molecule has 1 heterocycles. The van der Waals surface area contributed by atoms with E-state index in [1.54, 1.807) is 97.1 Å². The van der Waals surface area contributed by atoms with Gasteiger partial charge in [0.15, 0.2) is 12.2 Å². The van der Waals surface area contributed by atoms with Crippen LogP contribution in [0.2, 0.25) is 0 Å². The number of nitrogens with one attached hydrogen (secondary N) is 5. The average Bonchev–Trinajstić information content (AvgIpc) is 3.62. The number of aliphatic hydroxyl groups excluding tert-OH is 2. The van der Waals surface area contributed by atoms with Crippen molar-refractivity contribution in [2.75, 3.05) is 10.6 Å². The Morgan fingerprint density at radius 2 is 0.980 bits per heavy atom. The minimum Gasteiger partial charge on any atom is -0.378 e. The first-order chi connectivity index (χ1) is 23.6. The molecular formula is C37H36N6O6. The van der Waals surface area contributed by atoms with E-state index in [9.17, 15) is 29.4 Å². The van der Waals surface area contributed by atoms with Crippen molar-refractivity contribution in [2.45, 2.75) is 38.1 Å². The highest BCUT2D eigenvalue weighted by atomic mass is 16.3. The second kappa shape index (κ2) is 15.7. The van der Waals surface area contributed by atoms with Gasteiger partial charge in [-0.25, -0.2) is 0 Å². The third kappa shape index (κ3) is 8.83. The van der Waals surface area contributed by atoms with Crippen LogP contribution in [0, 0.1) is 0 Å². The van der Waals surface area contributed by atoms with Crippen molar-refractivity contribution in [2.24, 2.45) is 0 Å². The fraction of sp³-hybridized carbons (Fsp3) is 0.162. The highest BCUT2D eigenvalue weighted by Gasteiger charge is 2.23. The predicted octanol–water partition coefficient (Wildman–Crippen LogP) is 4.10. The van der Waals surface area contributed by atoms with Gasteiger partial charge in [-0.15, -0.1) is 0 Å². The number of amides is 4. The lowest BCUT2D eigenvalue weighted by Crippen LogP contribution is -2.43. The van der Waals surface area contributed by atoms with Gasteiger partial charge in [0.1, 0.15) is 12.1 Å². The lowest BCUT2D eigenvalue weighted by atomic mass is 10.1. The number of aromatic nitrogens is 2. The van der Waals surface area contributed by atoms with Crippen LogP contribution >= 0.6 is 0 Å². The Kier molecular flexibility index (Phi) is 10.9. The number of anilines is 2. The minimum atomic E-state index is -1.38. The minimum absolute atomic E-state index is 0.432. The highest BCUT2D eigenvalue weighted by molar-refractivity contribution is 5.98.